The Labute approximate surface area is 132 Å². The average molecular weight is 371 g/mol. The summed E-state index contributed by atoms with van der Waals surface area (Å²) in [6.07, 6.45) is 0. The van der Waals surface area contributed by atoms with E-state index in [1.54, 1.807) is 24.3 Å². The van der Waals surface area contributed by atoms with Crippen molar-refractivity contribution in [3.05, 3.63) is 63.9 Å². The first kappa shape index (κ1) is 14.2. The van der Waals surface area contributed by atoms with Crippen LogP contribution in [0, 0.1) is 11.6 Å². The number of hydrogen-bond donors (Lipinski definition) is 0. The zero-order valence-corrected chi connectivity index (χ0v) is 12.7. The number of para-hydroxylation sites is 1. The van der Waals surface area contributed by atoms with Crippen molar-refractivity contribution in [1.82, 2.24) is 14.8 Å². The molecule has 106 valence electrons. The molecule has 0 aliphatic carbocycles. The van der Waals surface area contributed by atoms with Gasteiger partial charge in [-0.15, -0.1) is 5.10 Å². The minimum Gasteiger partial charge on any atom is -0.206 e. The van der Waals surface area contributed by atoms with Crippen LogP contribution < -0.4 is 0 Å². The highest BCUT2D eigenvalue weighted by atomic mass is 79.9. The van der Waals surface area contributed by atoms with Gasteiger partial charge in [0.1, 0.15) is 11.6 Å². The van der Waals surface area contributed by atoms with Crippen molar-refractivity contribution >= 4 is 27.5 Å². The maximum Gasteiger partial charge on any atom is 0.200 e. The molecule has 3 nitrogen and oxygen atoms in total. The van der Waals surface area contributed by atoms with Crippen molar-refractivity contribution in [2.24, 2.45) is 0 Å². The number of benzene rings is 2. The quantitative estimate of drug-likeness (QED) is 0.658. The maximum absolute atomic E-state index is 13.8. The number of nitrogens with zero attached hydrogens (tertiary/aromatic N) is 3. The molecule has 0 saturated heterocycles. The molecule has 0 amide bonds. The van der Waals surface area contributed by atoms with Crippen molar-refractivity contribution in [2.75, 3.05) is 0 Å². The fourth-order valence-corrected chi connectivity index (χ4v) is 2.54. The molecule has 0 radical (unpaired) electrons. The third-order valence-electron chi connectivity index (χ3n) is 2.83. The molecular weight excluding hydrogens is 364 g/mol. The molecule has 0 N–H and O–H groups in total. The smallest absolute Gasteiger partial charge is 0.200 e. The Morgan fingerprint density at radius 1 is 1.00 bits per heavy atom. The Hall–Kier alpha value is -1.79. The number of aromatic nitrogens is 3. The van der Waals surface area contributed by atoms with Crippen molar-refractivity contribution in [1.29, 1.82) is 0 Å². The monoisotopic (exact) mass is 369 g/mol. The Morgan fingerprint density at radius 3 is 2.33 bits per heavy atom. The van der Waals surface area contributed by atoms with Gasteiger partial charge in [0.05, 0.1) is 16.3 Å². The van der Waals surface area contributed by atoms with Gasteiger partial charge in [0, 0.05) is 0 Å². The molecule has 0 saturated carbocycles. The molecule has 0 spiro atoms. The SMILES string of the molecule is Fc1cccc(F)c1-c1nc(Br)n(-c2ccccc2Cl)n1. The minimum atomic E-state index is -0.723. The van der Waals surface area contributed by atoms with Gasteiger partial charge in [-0.25, -0.2) is 13.5 Å². The van der Waals surface area contributed by atoms with E-state index in [-0.39, 0.29) is 11.4 Å². The van der Waals surface area contributed by atoms with Crippen LogP contribution in [0.25, 0.3) is 17.1 Å². The summed E-state index contributed by atoms with van der Waals surface area (Å²) >= 11 is 9.31. The topological polar surface area (TPSA) is 30.7 Å². The first-order chi connectivity index (χ1) is 10.1. The first-order valence-electron chi connectivity index (χ1n) is 5.90. The van der Waals surface area contributed by atoms with Gasteiger partial charge in [0.2, 0.25) is 4.73 Å². The third kappa shape index (κ3) is 2.56. The highest BCUT2D eigenvalue weighted by Gasteiger charge is 2.19. The normalized spacial score (nSPS) is 10.9. The van der Waals surface area contributed by atoms with E-state index in [4.69, 9.17) is 11.6 Å². The maximum atomic E-state index is 13.8. The Morgan fingerprint density at radius 2 is 1.67 bits per heavy atom. The van der Waals surface area contributed by atoms with Gasteiger partial charge in [0.15, 0.2) is 5.82 Å². The van der Waals surface area contributed by atoms with Crippen LogP contribution in [-0.4, -0.2) is 14.8 Å². The van der Waals surface area contributed by atoms with Crippen LogP contribution in [0.5, 0.6) is 0 Å². The lowest BCUT2D eigenvalue weighted by Crippen LogP contribution is -1.98. The number of rotatable bonds is 2. The van der Waals surface area contributed by atoms with Crippen molar-refractivity contribution in [3.63, 3.8) is 0 Å². The van der Waals surface area contributed by atoms with Crippen molar-refractivity contribution < 1.29 is 8.78 Å². The van der Waals surface area contributed by atoms with E-state index < -0.39 is 11.6 Å². The first-order valence-corrected chi connectivity index (χ1v) is 7.07. The van der Waals surface area contributed by atoms with E-state index in [1.165, 1.54) is 10.7 Å². The second-order valence-electron chi connectivity index (χ2n) is 4.16. The fraction of sp³-hybridized carbons (Fsp3) is 0. The number of hydrogen-bond acceptors (Lipinski definition) is 2. The lowest BCUT2D eigenvalue weighted by Gasteiger charge is -2.03. The second kappa shape index (κ2) is 5.54. The molecule has 3 aromatic rings. The summed E-state index contributed by atoms with van der Waals surface area (Å²) in [7, 11) is 0. The van der Waals surface area contributed by atoms with E-state index >= 15 is 0 Å². The van der Waals surface area contributed by atoms with Gasteiger partial charge in [-0.2, -0.15) is 4.98 Å². The molecule has 0 fully saturated rings. The van der Waals surface area contributed by atoms with Crippen LogP contribution >= 0.6 is 27.5 Å². The van der Waals surface area contributed by atoms with Crippen LogP contribution in [-0.2, 0) is 0 Å². The molecule has 3 rings (SSSR count). The predicted octanol–water partition coefficient (Wildman–Crippen LogP) is 4.63. The molecule has 0 aliphatic rings. The molecule has 0 bridgehead atoms. The van der Waals surface area contributed by atoms with Gasteiger partial charge >= 0.3 is 0 Å². The second-order valence-corrected chi connectivity index (χ2v) is 5.28. The van der Waals surface area contributed by atoms with Crippen molar-refractivity contribution in [2.45, 2.75) is 0 Å². The van der Waals surface area contributed by atoms with Gasteiger partial charge < -0.3 is 0 Å². The van der Waals surface area contributed by atoms with E-state index in [9.17, 15) is 8.78 Å². The van der Waals surface area contributed by atoms with Crippen LogP contribution in [0.1, 0.15) is 0 Å². The molecule has 0 aliphatic heterocycles. The summed E-state index contributed by atoms with van der Waals surface area (Å²) < 4.78 is 29.3. The standard InChI is InChI=1S/C14H7BrClF2N3/c15-14-19-13(12-9(17)5-3-6-10(12)18)20-21(14)11-7-2-1-4-8(11)16/h1-7H. The minimum absolute atomic E-state index is 0.0580. The van der Waals surface area contributed by atoms with E-state index in [0.717, 1.165) is 12.1 Å². The average Bonchev–Trinajstić information content (AvgIpc) is 2.81. The summed E-state index contributed by atoms with van der Waals surface area (Å²) in [5.41, 5.74) is 0.283. The Bertz CT molecular complexity index is 799. The molecule has 0 unspecified atom stereocenters. The predicted molar refractivity (Wildman–Crippen MR) is 79.4 cm³/mol. The molecule has 1 aromatic heterocycles. The summed E-state index contributed by atoms with van der Waals surface area (Å²) in [5.74, 6) is -1.50. The third-order valence-corrected chi connectivity index (χ3v) is 3.67. The lowest BCUT2D eigenvalue weighted by molar-refractivity contribution is 0.587. The summed E-state index contributed by atoms with van der Waals surface area (Å²) in [5, 5.41) is 4.57. The van der Waals surface area contributed by atoms with Gasteiger partial charge in [-0.3, -0.25) is 0 Å². The highest BCUT2D eigenvalue weighted by molar-refractivity contribution is 9.10. The van der Waals surface area contributed by atoms with Crippen molar-refractivity contribution in [3.8, 4) is 17.1 Å². The molecule has 2 aromatic carbocycles. The highest BCUT2D eigenvalue weighted by Crippen LogP contribution is 2.28. The number of halogens is 4. The molecule has 21 heavy (non-hydrogen) atoms. The molecule has 1 heterocycles. The summed E-state index contributed by atoms with van der Waals surface area (Å²) in [6, 6.07) is 10.6. The molecular formula is C14H7BrClF2N3. The molecule has 7 heteroatoms. The van der Waals surface area contributed by atoms with Gasteiger partial charge in [-0.05, 0) is 40.2 Å². The van der Waals surface area contributed by atoms with E-state index in [2.05, 4.69) is 26.0 Å². The Balaban J connectivity index is 2.17. The molecule has 0 atom stereocenters. The zero-order valence-electron chi connectivity index (χ0n) is 10.4. The van der Waals surface area contributed by atoms with Gasteiger partial charge in [-0.1, -0.05) is 29.8 Å². The van der Waals surface area contributed by atoms with Gasteiger partial charge in [0.25, 0.3) is 0 Å². The lowest BCUT2D eigenvalue weighted by atomic mass is 10.2. The van der Waals surface area contributed by atoms with Crippen LogP contribution in [0.3, 0.4) is 0 Å². The summed E-state index contributed by atoms with van der Waals surface area (Å²) in [4.78, 5) is 4.05. The Kier molecular flexibility index (Phi) is 3.73. The van der Waals surface area contributed by atoms with E-state index in [1.807, 2.05) is 0 Å². The van der Waals surface area contributed by atoms with Crippen LogP contribution in [0.2, 0.25) is 5.02 Å². The largest absolute Gasteiger partial charge is 0.206 e. The zero-order chi connectivity index (χ0) is 15.0. The fourth-order valence-electron chi connectivity index (χ4n) is 1.89. The van der Waals surface area contributed by atoms with Crippen LogP contribution in [0.4, 0.5) is 8.78 Å². The van der Waals surface area contributed by atoms with Crippen LogP contribution in [0.15, 0.2) is 47.2 Å². The summed E-state index contributed by atoms with van der Waals surface area (Å²) in [6.45, 7) is 0. The van der Waals surface area contributed by atoms with E-state index in [0.29, 0.717) is 15.4 Å².